The van der Waals surface area contributed by atoms with Gasteiger partial charge in [0.15, 0.2) is 11.9 Å². The minimum absolute atomic E-state index is 0.148. The van der Waals surface area contributed by atoms with E-state index < -0.39 is 12.1 Å². The van der Waals surface area contributed by atoms with Crippen LogP contribution in [0, 0.1) is 6.92 Å². The van der Waals surface area contributed by atoms with Crippen LogP contribution < -0.4 is 9.47 Å². The molecule has 2 heterocycles. The van der Waals surface area contributed by atoms with Gasteiger partial charge < -0.3 is 19.1 Å². The van der Waals surface area contributed by atoms with Gasteiger partial charge in [-0.3, -0.25) is 4.79 Å². The molecule has 0 aliphatic carbocycles. The highest BCUT2D eigenvalue weighted by atomic mass is 35.5. The molecule has 0 bridgehead atoms. The minimum Gasteiger partial charge on any atom is -0.481 e. The van der Waals surface area contributed by atoms with Gasteiger partial charge in [0.1, 0.15) is 11.4 Å². The number of methoxy groups -OCH3 is 1. The molecule has 0 fully saturated rings. The molecule has 2 aromatic carbocycles. The van der Waals surface area contributed by atoms with Crippen LogP contribution in [0.2, 0.25) is 10.0 Å². The van der Waals surface area contributed by atoms with E-state index in [1.165, 1.54) is 14.0 Å². The average Bonchev–Trinajstić information content (AvgIpc) is 3.11. The van der Waals surface area contributed by atoms with Crippen LogP contribution in [0.4, 0.5) is 0 Å². The Bertz CT molecular complexity index is 1430. The number of ketones is 1. The van der Waals surface area contributed by atoms with Gasteiger partial charge in [0.2, 0.25) is 5.88 Å². The van der Waals surface area contributed by atoms with E-state index in [2.05, 4.69) is 4.98 Å². The molecule has 4 rings (SSSR count). The van der Waals surface area contributed by atoms with Crippen LogP contribution in [0.1, 0.15) is 34.1 Å². The summed E-state index contributed by atoms with van der Waals surface area (Å²) in [4.78, 5) is 29.3. The summed E-state index contributed by atoms with van der Waals surface area (Å²) in [6, 6.07) is 15.4. The lowest BCUT2D eigenvalue weighted by atomic mass is 10.0. The molecule has 0 aliphatic rings. The van der Waals surface area contributed by atoms with E-state index in [-0.39, 0.29) is 11.5 Å². The number of nitrogens with zero attached hydrogens (tertiary/aromatic N) is 2. The molecular formula is C26H22Cl2N2O5. The number of hydrogen-bond acceptors (Lipinski definition) is 5. The predicted molar refractivity (Wildman–Crippen MR) is 134 cm³/mol. The van der Waals surface area contributed by atoms with E-state index in [4.69, 9.17) is 32.7 Å². The molecule has 7 nitrogen and oxygen atoms in total. The third-order valence-electron chi connectivity index (χ3n) is 5.67. The Hall–Kier alpha value is -3.55. The van der Waals surface area contributed by atoms with Crippen LogP contribution in [0.15, 0.2) is 54.6 Å². The summed E-state index contributed by atoms with van der Waals surface area (Å²) in [6.07, 6.45) is -1.06. The fraction of sp³-hybridized carbons (Fsp3) is 0.192. The molecule has 0 amide bonds. The first kappa shape index (κ1) is 24.6. The summed E-state index contributed by atoms with van der Waals surface area (Å²) < 4.78 is 12.7. The van der Waals surface area contributed by atoms with Crippen LogP contribution in [0.25, 0.3) is 11.0 Å². The number of carbonyl (C=O) groups is 2. The maximum absolute atomic E-state index is 13.5. The van der Waals surface area contributed by atoms with Crippen LogP contribution in [0.5, 0.6) is 11.6 Å². The number of carbonyl (C=O) groups excluding carboxylic acids is 1. The number of pyridine rings is 1. The lowest BCUT2D eigenvalue weighted by molar-refractivity contribution is -0.144. The van der Waals surface area contributed by atoms with Crippen molar-refractivity contribution in [3.05, 3.63) is 87.0 Å². The lowest BCUT2D eigenvalue weighted by Gasteiger charge is -2.14. The molecule has 9 heteroatoms. The molecule has 0 saturated heterocycles. The van der Waals surface area contributed by atoms with Gasteiger partial charge in [-0.05, 0) is 61.9 Å². The van der Waals surface area contributed by atoms with Gasteiger partial charge in [-0.15, -0.1) is 0 Å². The van der Waals surface area contributed by atoms with Gasteiger partial charge in [0.05, 0.1) is 17.7 Å². The largest absolute Gasteiger partial charge is 0.481 e. The molecule has 0 aliphatic heterocycles. The molecule has 4 aromatic rings. The van der Waals surface area contributed by atoms with Crippen molar-refractivity contribution in [3.8, 4) is 11.6 Å². The van der Waals surface area contributed by atoms with Crippen molar-refractivity contribution in [1.29, 1.82) is 0 Å². The number of carboxylic acids is 1. The van der Waals surface area contributed by atoms with Crippen LogP contribution in [-0.2, 0) is 11.3 Å². The van der Waals surface area contributed by atoms with Gasteiger partial charge in [0, 0.05) is 34.3 Å². The quantitative estimate of drug-likeness (QED) is 0.300. The van der Waals surface area contributed by atoms with Crippen molar-refractivity contribution in [2.45, 2.75) is 26.5 Å². The summed E-state index contributed by atoms with van der Waals surface area (Å²) in [5.41, 5.74) is 3.13. The Balaban J connectivity index is 1.81. The smallest absolute Gasteiger partial charge is 0.344 e. The van der Waals surface area contributed by atoms with Gasteiger partial charge in [-0.1, -0.05) is 29.3 Å². The fourth-order valence-corrected chi connectivity index (χ4v) is 4.11. The molecule has 1 atom stereocenters. The maximum Gasteiger partial charge on any atom is 0.344 e. The second-order valence-corrected chi connectivity index (χ2v) is 8.81. The number of carboxylic acid groups (broad SMARTS) is 1. The highest BCUT2D eigenvalue weighted by Gasteiger charge is 2.23. The van der Waals surface area contributed by atoms with E-state index in [0.29, 0.717) is 44.6 Å². The first-order valence-electron chi connectivity index (χ1n) is 10.7. The van der Waals surface area contributed by atoms with Gasteiger partial charge >= 0.3 is 5.97 Å². The Morgan fingerprint density at radius 3 is 2.46 bits per heavy atom. The first-order chi connectivity index (χ1) is 16.7. The third-order valence-corrected chi connectivity index (χ3v) is 6.24. The Morgan fingerprint density at radius 2 is 1.80 bits per heavy atom. The number of halogens is 2. The molecule has 0 spiro atoms. The lowest BCUT2D eigenvalue weighted by Crippen LogP contribution is -2.23. The minimum atomic E-state index is -1.10. The van der Waals surface area contributed by atoms with Crippen molar-refractivity contribution >= 4 is 46.0 Å². The van der Waals surface area contributed by atoms with Crippen LogP contribution in [-0.4, -0.2) is 39.6 Å². The second kappa shape index (κ2) is 9.98. The zero-order valence-electron chi connectivity index (χ0n) is 19.2. The Kier molecular flexibility index (Phi) is 7.00. The summed E-state index contributed by atoms with van der Waals surface area (Å²) in [6.45, 7) is 3.63. The van der Waals surface area contributed by atoms with E-state index >= 15 is 0 Å². The highest BCUT2D eigenvalue weighted by Crippen LogP contribution is 2.32. The number of rotatable bonds is 8. The van der Waals surface area contributed by atoms with Crippen molar-refractivity contribution < 1.29 is 24.2 Å². The van der Waals surface area contributed by atoms with Gasteiger partial charge in [-0.25, -0.2) is 4.79 Å². The SMILES string of the molecule is COc1ccc2c(C(=O)c3ccc(Cl)cc3)c(C)n(Cc3ccc(Cl)c(O[C@H](C)C(=O)O)c3)c2n1. The number of aromatic nitrogens is 2. The normalized spacial score (nSPS) is 11.9. The zero-order valence-corrected chi connectivity index (χ0v) is 20.7. The zero-order chi connectivity index (χ0) is 25.3. The van der Waals surface area contributed by atoms with Crippen molar-refractivity contribution in [2.75, 3.05) is 7.11 Å². The molecule has 0 saturated carbocycles. The summed E-state index contributed by atoms with van der Waals surface area (Å²) in [7, 11) is 1.53. The molecule has 0 unspecified atom stereocenters. The van der Waals surface area contributed by atoms with E-state index in [1.54, 1.807) is 42.5 Å². The monoisotopic (exact) mass is 512 g/mol. The number of hydrogen-bond donors (Lipinski definition) is 1. The molecule has 35 heavy (non-hydrogen) atoms. The Labute approximate surface area is 211 Å². The number of fused-ring (bicyclic) bond motifs is 1. The first-order valence-corrected chi connectivity index (χ1v) is 11.5. The van der Waals surface area contributed by atoms with E-state index in [9.17, 15) is 14.7 Å². The third kappa shape index (κ3) is 4.97. The van der Waals surface area contributed by atoms with Crippen molar-refractivity contribution in [1.82, 2.24) is 9.55 Å². The van der Waals surface area contributed by atoms with Crippen molar-refractivity contribution in [3.63, 3.8) is 0 Å². The van der Waals surface area contributed by atoms with E-state index in [1.807, 2.05) is 23.6 Å². The van der Waals surface area contributed by atoms with Crippen LogP contribution >= 0.6 is 23.2 Å². The predicted octanol–water partition coefficient (Wildman–Crippen LogP) is 5.79. The Morgan fingerprint density at radius 1 is 1.09 bits per heavy atom. The van der Waals surface area contributed by atoms with E-state index in [0.717, 1.165) is 11.3 Å². The topological polar surface area (TPSA) is 90.7 Å². The number of aliphatic carboxylic acids is 1. The molecule has 2 aromatic heterocycles. The second-order valence-electron chi connectivity index (χ2n) is 7.97. The molecule has 1 N–H and O–H groups in total. The number of benzene rings is 2. The standard InChI is InChI=1S/C26H22Cl2N2O5/c1-14-23(24(31)17-5-7-18(27)8-6-17)19-9-11-22(34-3)29-25(19)30(14)13-16-4-10-20(28)21(12-16)35-15(2)26(32)33/h4-12,15H,13H2,1-3H3,(H,32,33)/t15-/m1/s1. The molecule has 0 radical (unpaired) electrons. The van der Waals surface area contributed by atoms with Crippen molar-refractivity contribution in [2.24, 2.45) is 0 Å². The molecular weight excluding hydrogens is 491 g/mol. The number of ether oxygens (including phenoxy) is 2. The summed E-state index contributed by atoms with van der Waals surface area (Å²) in [5.74, 6) is -0.570. The molecule has 180 valence electrons. The van der Waals surface area contributed by atoms with Crippen LogP contribution in [0.3, 0.4) is 0 Å². The van der Waals surface area contributed by atoms with Gasteiger partial charge in [-0.2, -0.15) is 4.98 Å². The highest BCUT2D eigenvalue weighted by molar-refractivity contribution is 6.32. The maximum atomic E-state index is 13.5. The average molecular weight is 513 g/mol. The van der Waals surface area contributed by atoms with Gasteiger partial charge in [0.25, 0.3) is 0 Å². The fourth-order valence-electron chi connectivity index (χ4n) is 3.82. The summed E-state index contributed by atoms with van der Waals surface area (Å²) >= 11 is 12.2. The summed E-state index contributed by atoms with van der Waals surface area (Å²) in [5, 5.41) is 10.7.